The minimum absolute atomic E-state index is 0. The molecule has 27 heavy (non-hydrogen) atoms. The second-order valence-corrected chi connectivity index (χ2v) is 6.36. The van der Waals surface area contributed by atoms with E-state index < -0.39 is 0 Å². The Balaban J connectivity index is 0.00000210. The number of nitrogens with one attached hydrogen (secondary N) is 1. The molecule has 0 aliphatic carbocycles. The third-order valence-electron chi connectivity index (χ3n) is 4.63. The summed E-state index contributed by atoms with van der Waals surface area (Å²) < 4.78 is 24.8. The molecule has 144 valence electrons. The molecule has 0 amide bonds. The highest BCUT2D eigenvalue weighted by Gasteiger charge is 2.23. The molecule has 0 spiro atoms. The first-order chi connectivity index (χ1) is 12.8. The fourth-order valence-electron chi connectivity index (χ4n) is 3.49. The highest BCUT2D eigenvalue weighted by Crippen LogP contribution is 2.31. The molecule has 2 aromatic carbocycles. The number of fused-ring (bicyclic) bond motifs is 2. The smallest absolute Gasteiger partial charge is 0.198 e. The molecule has 2 aliphatic rings. The first-order valence-corrected chi connectivity index (χ1v) is 8.92. The summed E-state index contributed by atoms with van der Waals surface area (Å²) >= 11 is 0. The number of anilines is 1. The van der Waals surface area contributed by atoms with Gasteiger partial charge in [0.05, 0.1) is 13.2 Å². The van der Waals surface area contributed by atoms with Gasteiger partial charge in [-0.2, -0.15) is 0 Å². The van der Waals surface area contributed by atoms with Gasteiger partial charge in [-0.3, -0.25) is 0 Å². The molecule has 0 fully saturated rings. The molecular weight excluding hydrogens is 460 g/mol. The van der Waals surface area contributed by atoms with Crippen LogP contribution in [0.2, 0.25) is 0 Å². The number of aliphatic imine (C=N–C) groups is 1. The Morgan fingerprint density at radius 3 is 2.96 bits per heavy atom. The number of para-hydroxylation sites is 1. The molecule has 2 heterocycles. The van der Waals surface area contributed by atoms with Crippen LogP contribution in [0.15, 0.2) is 41.4 Å². The van der Waals surface area contributed by atoms with E-state index in [0.29, 0.717) is 18.9 Å². The third-order valence-corrected chi connectivity index (χ3v) is 4.63. The van der Waals surface area contributed by atoms with E-state index in [2.05, 4.69) is 28.4 Å². The molecule has 0 aromatic heterocycles. The fourth-order valence-corrected chi connectivity index (χ4v) is 3.49. The normalized spacial score (nSPS) is 15.5. The van der Waals surface area contributed by atoms with Gasteiger partial charge in [0, 0.05) is 29.9 Å². The van der Waals surface area contributed by atoms with Crippen molar-refractivity contribution >= 4 is 35.6 Å². The Hall–Kier alpha value is -1.87. The molecule has 0 unspecified atom stereocenters. The topological polar surface area (TPSA) is 46.1 Å². The van der Waals surface area contributed by atoms with Gasteiger partial charge in [0.15, 0.2) is 12.8 Å². The Labute approximate surface area is 175 Å². The van der Waals surface area contributed by atoms with Crippen molar-refractivity contribution in [1.29, 1.82) is 0 Å². The van der Waals surface area contributed by atoms with Gasteiger partial charge in [-0.05, 0) is 37.1 Å². The lowest BCUT2D eigenvalue weighted by Crippen LogP contribution is -2.40. The summed E-state index contributed by atoms with van der Waals surface area (Å²) in [4.78, 5) is 6.95. The summed E-state index contributed by atoms with van der Waals surface area (Å²) in [5, 5.41) is 3.35. The molecule has 1 N–H and O–H groups in total. The van der Waals surface area contributed by atoms with Crippen LogP contribution in [0.1, 0.15) is 23.6 Å². The Kier molecular flexibility index (Phi) is 6.54. The van der Waals surface area contributed by atoms with E-state index in [9.17, 15) is 4.39 Å². The lowest BCUT2D eigenvalue weighted by Gasteiger charge is -2.23. The SMILES string of the molecule is CCNC(=NCc1cc(F)cc2c1OCOC2)N1CCc2ccccc21.I. The number of hydrogen-bond donors (Lipinski definition) is 1. The maximum atomic E-state index is 13.9. The number of hydrogen-bond acceptors (Lipinski definition) is 3. The number of benzene rings is 2. The van der Waals surface area contributed by atoms with Crippen molar-refractivity contribution in [1.82, 2.24) is 5.32 Å². The van der Waals surface area contributed by atoms with Gasteiger partial charge >= 0.3 is 0 Å². The van der Waals surface area contributed by atoms with Crippen LogP contribution in [0.3, 0.4) is 0 Å². The fraction of sp³-hybridized carbons (Fsp3) is 0.350. The van der Waals surface area contributed by atoms with Crippen molar-refractivity contribution in [3.63, 3.8) is 0 Å². The van der Waals surface area contributed by atoms with Crippen LogP contribution in [0.5, 0.6) is 5.75 Å². The summed E-state index contributed by atoms with van der Waals surface area (Å²) in [6, 6.07) is 11.3. The van der Waals surface area contributed by atoms with Crippen LogP contribution in [0, 0.1) is 5.82 Å². The highest BCUT2D eigenvalue weighted by molar-refractivity contribution is 14.0. The molecule has 5 nitrogen and oxygen atoms in total. The van der Waals surface area contributed by atoms with Crippen molar-refractivity contribution in [3.05, 3.63) is 58.9 Å². The first kappa shape index (κ1) is 19.9. The van der Waals surface area contributed by atoms with E-state index in [0.717, 1.165) is 36.6 Å². The molecule has 0 saturated carbocycles. The van der Waals surface area contributed by atoms with E-state index in [4.69, 9.17) is 14.5 Å². The van der Waals surface area contributed by atoms with Crippen molar-refractivity contribution in [2.75, 3.05) is 24.8 Å². The van der Waals surface area contributed by atoms with Crippen molar-refractivity contribution in [2.45, 2.75) is 26.5 Å². The minimum Gasteiger partial charge on any atom is -0.467 e. The van der Waals surface area contributed by atoms with E-state index in [-0.39, 0.29) is 36.6 Å². The first-order valence-electron chi connectivity index (χ1n) is 8.92. The summed E-state index contributed by atoms with van der Waals surface area (Å²) in [5.74, 6) is 1.21. The molecule has 4 rings (SSSR count). The van der Waals surface area contributed by atoms with Gasteiger partial charge < -0.3 is 19.7 Å². The highest BCUT2D eigenvalue weighted by atomic mass is 127. The lowest BCUT2D eigenvalue weighted by atomic mass is 10.1. The standard InChI is InChI=1S/C20H22FN3O2.HI/c1-2-22-20(24-8-7-14-5-3-4-6-18(14)24)23-11-15-9-17(21)10-16-12-25-13-26-19(15)16;/h3-6,9-10H,2,7-8,11-13H2,1H3,(H,22,23);1H. The van der Waals surface area contributed by atoms with Crippen LogP contribution in [0.4, 0.5) is 10.1 Å². The molecule has 7 heteroatoms. The monoisotopic (exact) mass is 483 g/mol. The zero-order valence-corrected chi connectivity index (χ0v) is 17.5. The predicted molar refractivity (Wildman–Crippen MR) is 114 cm³/mol. The van der Waals surface area contributed by atoms with E-state index in [1.165, 1.54) is 23.4 Å². The minimum atomic E-state index is -0.292. The largest absolute Gasteiger partial charge is 0.467 e. The quantitative estimate of drug-likeness (QED) is 0.410. The van der Waals surface area contributed by atoms with Crippen LogP contribution in [-0.2, 0) is 24.3 Å². The van der Waals surface area contributed by atoms with Crippen LogP contribution in [-0.4, -0.2) is 25.8 Å². The second-order valence-electron chi connectivity index (χ2n) is 6.36. The van der Waals surface area contributed by atoms with E-state index in [1.54, 1.807) is 0 Å². The van der Waals surface area contributed by atoms with Crippen LogP contribution >= 0.6 is 24.0 Å². The van der Waals surface area contributed by atoms with Gasteiger partial charge in [-0.1, -0.05) is 18.2 Å². The van der Waals surface area contributed by atoms with E-state index >= 15 is 0 Å². The van der Waals surface area contributed by atoms with Crippen LogP contribution < -0.4 is 15.0 Å². The van der Waals surface area contributed by atoms with Gasteiger partial charge in [-0.15, -0.1) is 24.0 Å². The summed E-state index contributed by atoms with van der Waals surface area (Å²) in [6.45, 7) is 4.60. The average Bonchev–Trinajstić information content (AvgIpc) is 3.09. The van der Waals surface area contributed by atoms with Gasteiger partial charge in [0.25, 0.3) is 0 Å². The summed E-state index contributed by atoms with van der Waals surface area (Å²) in [6.07, 6.45) is 0.996. The Morgan fingerprint density at radius 2 is 2.11 bits per heavy atom. The molecule has 2 aromatic rings. The number of guanidine groups is 1. The van der Waals surface area contributed by atoms with Crippen molar-refractivity contribution in [2.24, 2.45) is 4.99 Å². The molecular formula is C20H23FIN3O2. The molecule has 0 saturated heterocycles. The zero-order chi connectivity index (χ0) is 17.9. The molecule has 0 atom stereocenters. The summed E-state index contributed by atoms with van der Waals surface area (Å²) in [5.41, 5.74) is 3.98. The van der Waals surface area contributed by atoms with Gasteiger partial charge in [-0.25, -0.2) is 9.38 Å². The van der Waals surface area contributed by atoms with Crippen LogP contribution in [0.25, 0.3) is 0 Å². The Morgan fingerprint density at radius 1 is 1.26 bits per heavy atom. The zero-order valence-electron chi connectivity index (χ0n) is 15.2. The number of ether oxygens (including phenoxy) is 2. The molecule has 0 bridgehead atoms. The number of rotatable bonds is 3. The lowest BCUT2D eigenvalue weighted by molar-refractivity contribution is -0.0172. The van der Waals surface area contributed by atoms with Crippen molar-refractivity contribution < 1.29 is 13.9 Å². The third kappa shape index (κ3) is 4.19. The summed E-state index contributed by atoms with van der Waals surface area (Å²) in [7, 11) is 0. The second kappa shape index (κ2) is 8.88. The average molecular weight is 483 g/mol. The predicted octanol–water partition coefficient (Wildman–Crippen LogP) is 3.84. The van der Waals surface area contributed by atoms with Gasteiger partial charge in [0.2, 0.25) is 0 Å². The maximum absolute atomic E-state index is 13.9. The van der Waals surface area contributed by atoms with E-state index in [1.807, 2.05) is 13.0 Å². The Bertz CT molecular complexity index is 844. The van der Waals surface area contributed by atoms with Crippen molar-refractivity contribution in [3.8, 4) is 5.75 Å². The number of halogens is 2. The maximum Gasteiger partial charge on any atom is 0.198 e. The van der Waals surface area contributed by atoms with Gasteiger partial charge in [0.1, 0.15) is 11.6 Å². The molecule has 2 aliphatic heterocycles. The number of nitrogens with zero attached hydrogens (tertiary/aromatic N) is 2. The molecule has 0 radical (unpaired) electrons.